The molecule has 2 amide bonds. The quantitative estimate of drug-likeness (QED) is 0.216. The highest BCUT2D eigenvalue weighted by Crippen LogP contribution is 2.41. The lowest BCUT2D eigenvalue weighted by molar-refractivity contribution is 0.0779. The van der Waals surface area contributed by atoms with Crippen molar-refractivity contribution in [2.24, 2.45) is 0 Å². The molecule has 0 unspecified atom stereocenters. The van der Waals surface area contributed by atoms with Crippen LogP contribution in [0, 0.1) is 5.82 Å². The molecule has 5 aromatic rings. The number of benzene rings is 3. The number of hydrogen-bond acceptors (Lipinski definition) is 6. The van der Waals surface area contributed by atoms with Crippen molar-refractivity contribution >= 4 is 22.7 Å². The van der Waals surface area contributed by atoms with Crippen molar-refractivity contribution in [3.8, 4) is 11.5 Å². The number of rotatable bonds is 9. The molecule has 0 atom stereocenters. The van der Waals surface area contributed by atoms with Gasteiger partial charge in [-0.1, -0.05) is 30.3 Å². The maximum Gasteiger partial charge on any atom is 0.258 e. The number of pyridine rings is 2. The Labute approximate surface area is 254 Å². The summed E-state index contributed by atoms with van der Waals surface area (Å²) in [4.78, 5) is 40.1. The van der Waals surface area contributed by atoms with E-state index >= 15 is 0 Å². The SMILES string of the molecule is COc1ccc(COc2c3c(c(C(=O)N(C)Cc4ccccn4)c4cc(Cc5ccc(F)cc5)cnc24)CN(C)C3=O)cc1. The number of methoxy groups -OCH3 is 1. The van der Waals surface area contributed by atoms with Gasteiger partial charge in [0.05, 0.1) is 30.5 Å². The first-order valence-corrected chi connectivity index (χ1v) is 14.2. The number of hydrogen-bond donors (Lipinski definition) is 0. The second-order valence-corrected chi connectivity index (χ2v) is 10.9. The summed E-state index contributed by atoms with van der Waals surface area (Å²) < 4.78 is 25.2. The summed E-state index contributed by atoms with van der Waals surface area (Å²) in [5.41, 5.74) is 5.16. The molecule has 0 radical (unpaired) electrons. The van der Waals surface area contributed by atoms with Crippen LogP contribution in [0.15, 0.2) is 85.2 Å². The Hall–Kier alpha value is -5.31. The predicted molar refractivity (Wildman–Crippen MR) is 164 cm³/mol. The highest BCUT2D eigenvalue weighted by atomic mass is 19.1. The lowest BCUT2D eigenvalue weighted by Crippen LogP contribution is -2.28. The van der Waals surface area contributed by atoms with E-state index in [9.17, 15) is 14.0 Å². The molecule has 6 rings (SSSR count). The van der Waals surface area contributed by atoms with Crippen LogP contribution in [-0.2, 0) is 26.1 Å². The number of amides is 2. The number of carbonyl (C=O) groups is 2. The van der Waals surface area contributed by atoms with Crippen molar-refractivity contribution in [3.05, 3.63) is 130 Å². The largest absolute Gasteiger partial charge is 0.497 e. The van der Waals surface area contributed by atoms with E-state index in [-0.39, 0.29) is 37.3 Å². The van der Waals surface area contributed by atoms with E-state index < -0.39 is 0 Å². The van der Waals surface area contributed by atoms with Crippen LogP contribution in [0.3, 0.4) is 0 Å². The first-order valence-electron chi connectivity index (χ1n) is 14.2. The number of halogens is 1. The van der Waals surface area contributed by atoms with Gasteiger partial charge < -0.3 is 19.3 Å². The summed E-state index contributed by atoms with van der Waals surface area (Å²) in [5, 5.41) is 0.592. The first kappa shape index (κ1) is 28.8. The van der Waals surface area contributed by atoms with Gasteiger partial charge in [-0.2, -0.15) is 0 Å². The normalized spacial score (nSPS) is 12.4. The standard InChI is InChI=1S/C35H31FN4O4/c1-39(19-26-6-4-5-15-37-26)34(41)30-28-17-24(16-22-7-11-25(36)12-8-22)18-38-32(28)33(31-29(30)20-40(2)35(31)42)44-21-23-9-13-27(43-3)14-10-23/h4-15,17-18H,16,19-21H2,1-3H3. The Morgan fingerprint density at radius 2 is 1.75 bits per heavy atom. The molecule has 0 bridgehead atoms. The van der Waals surface area contributed by atoms with E-state index in [1.54, 1.807) is 55.5 Å². The molecule has 0 saturated heterocycles. The first-order chi connectivity index (χ1) is 21.3. The molecule has 1 aliphatic heterocycles. The van der Waals surface area contributed by atoms with Gasteiger partial charge in [-0.3, -0.25) is 19.6 Å². The molecule has 8 nitrogen and oxygen atoms in total. The van der Waals surface area contributed by atoms with Crippen LogP contribution in [0.2, 0.25) is 0 Å². The summed E-state index contributed by atoms with van der Waals surface area (Å²) in [7, 11) is 5.04. The maximum atomic E-state index is 14.2. The predicted octanol–water partition coefficient (Wildman–Crippen LogP) is 5.81. The molecule has 0 N–H and O–H groups in total. The van der Waals surface area contributed by atoms with Crippen LogP contribution >= 0.6 is 0 Å². The van der Waals surface area contributed by atoms with E-state index in [0.29, 0.717) is 39.8 Å². The van der Waals surface area contributed by atoms with E-state index in [1.807, 2.05) is 48.5 Å². The van der Waals surface area contributed by atoms with Gasteiger partial charge in [0, 0.05) is 44.0 Å². The minimum absolute atomic E-state index is 0.189. The topological polar surface area (TPSA) is 84.9 Å². The maximum absolute atomic E-state index is 14.2. The second-order valence-electron chi connectivity index (χ2n) is 10.9. The van der Waals surface area contributed by atoms with Crippen molar-refractivity contribution in [2.75, 3.05) is 21.2 Å². The minimum atomic E-state index is -0.308. The van der Waals surface area contributed by atoms with Crippen LogP contribution in [0.4, 0.5) is 4.39 Å². The lowest BCUT2D eigenvalue weighted by Gasteiger charge is -2.22. The summed E-state index contributed by atoms with van der Waals surface area (Å²) >= 11 is 0. The molecule has 0 fully saturated rings. The summed E-state index contributed by atoms with van der Waals surface area (Å²) in [6.45, 7) is 0.732. The Balaban J connectivity index is 1.48. The zero-order valence-electron chi connectivity index (χ0n) is 24.7. The van der Waals surface area contributed by atoms with Gasteiger partial charge in [0.15, 0.2) is 5.75 Å². The summed E-state index contributed by atoms with van der Waals surface area (Å²) in [5.74, 6) is 0.285. The highest BCUT2D eigenvalue weighted by molar-refractivity contribution is 6.16. The Bertz CT molecular complexity index is 1840. The monoisotopic (exact) mass is 590 g/mol. The van der Waals surface area contributed by atoms with Crippen LogP contribution < -0.4 is 9.47 Å². The van der Waals surface area contributed by atoms with Crippen molar-refractivity contribution in [1.82, 2.24) is 19.8 Å². The zero-order chi connectivity index (χ0) is 30.8. The van der Waals surface area contributed by atoms with Gasteiger partial charge in [-0.05, 0) is 65.6 Å². The Morgan fingerprint density at radius 1 is 1.00 bits per heavy atom. The smallest absolute Gasteiger partial charge is 0.258 e. The molecule has 0 spiro atoms. The van der Waals surface area contributed by atoms with Crippen molar-refractivity contribution < 1.29 is 23.5 Å². The molecule has 9 heteroatoms. The minimum Gasteiger partial charge on any atom is -0.497 e. The fourth-order valence-corrected chi connectivity index (χ4v) is 5.50. The molecule has 0 saturated carbocycles. The third-order valence-corrected chi connectivity index (χ3v) is 7.76. The fourth-order valence-electron chi connectivity index (χ4n) is 5.50. The van der Waals surface area contributed by atoms with E-state index in [1.165, 1.54) is 12.1 Å². The van der Waals surface area contributed by atoms with E-state index in [0.717, 1.165) is 28.1 Å². The lowest BCUT2D eigenvalue weighted by atomic mass is 9.94. The van der Waals surface area contributed by atoms with Gasteiger partial charge in [-0.15, -0.1) is 0 Å². The third-order valence-electron chi connectivity index (χ3n) is 7.76. The molecule has 0 aliphatic carbocycles. The number of ether oxygens (including phenoxy) is 2. The van der Waals surface area contributed by atoms with E-state index in [4.69, 9.17) is 14.5 Å². The fraction of sp³-hybridized carbons (Fsp3) is 0.200. The summed E-state index contributed by atoms with van der Waals surface area (Å²) in [6.07, 6.45) is 3.89. The van der Waals surface area contributed by atoms with Crippen molar-refractivity contribution in [1.29, 1.82) is 0 Å². The Morgan fingerprint density at radius 3 is 2.45 bits per heavy atom. The van der Waals surface area contributed by atoms with E-state index in [2.05, 4.69) is 4.98 Å². The average Bonchev–Trinajstić information content (AvgIpc) is 3.33. The number of fused-ring (bicyclic) bond motifs is 2. The average molecular weight is 591 g/mol. The Kier molecular flexibility index (Phi) is 7.93. The molecule has 3 aromatic carbocycles. The van der Waals surface area contributed by atoms with Crippen LogP contribution in [-0.4, -0.2) is 52.8 Å². The molecule has 3 heterocycles. The second kappa shape index (κ2) is 12.1. The molecule has 2 aromatic heterocycles. The van der Waals surface area contributed by atoms with Gasteiger partial charge in [0.1, 0.15) is 23.7 Å². The van der Waals surface area contributed by atoms with Gasteiger partial charge in [0.2, 0.25) is 0 Å². The van der Waals surface area contributed by atoms with Gasteiger partial charge >= 0.3 is 0 Å². The number of carbonyl (C=O) groups excluding carboxylic acids is 2. The van der Waals surface area contributed by atoms with Gasteiger partial charge in [-0.25, -0.2) is 4.39 Å². The molecule has 1 aliphatic rings. The molecule has 44 heavy (non-hydrogen) atoms. The van der Waals surface area contributed by atoms with Crippen molar-refractivity contribution in [2.45, 2.75) is 26.1 Å². The van der Waals surface area contributed by atoms with Crippen LogP contribution in [0.5, 0.6) is 11.5 Å². The van der Waals surface area contributed by atoms with Crippen LogP contribution in [0.1, 0.15) is 48.7 Å². The molecular formula is C35H31FN4O4. The highest BCUT2D eigenvalue weighted by Gasteiger charge is 2.36. The third kappa shape index (κ3) is 5.68. The molecular weight excluding hydrogens is 559 g/mol. The molecule has 222 valence electrons. The number of nitrogens with zero attached hydrogens (tertiary/aromatic N) is 4. The number of aromatic nitrogens is 2. The summed E-state index contributed by atoms with van der Waals surface area (Å²) in [6, 6.07) is 21.3. The van der Waals surface area contributed by atoms with Gasteiger partial charge in [0.25, 0.3) is 11.8 Å². The van der Waals surface area contributed by atoms with Crippen molar-refractivity contribution in [3.63, 3.8) is 0 Å². The zero-order valence-corrected chi connectivity index (χ0v) is 24.7. The van der Waals surface area contributed by atoms with Crippen LogP contribution in [0.25, 0.3) is 10.9 Å².